The van der Waals surface area contributed by atoms with Gasteiger partial charge < -0.3 is 14.6 Å². The second-order valence-corrected chi connectivity index (χ2v) is 5.60. The fourth-order valence-corrected chi connectivity index (χ4v) is 1.80. The number of carbonyl (C=O) groups excluding carboxylic acids is 2. The third kappa shape index (κ3) is 11.3. The van der Waals surface area contributed by atoms with Crippen LogP contribution in [0.1, 0.15) is 39.5 Å². The summed E-state index contributed by atoms with van der Waals surface area (Å²) in [5, 5.41) is 8.78. The minimum Gasteiger partial charge on any atom is -0.542 e. The quantitative estimate of drug-likeness (QED) is 0.284. The molecule has 1 rings (SSSR count). The van der Waals surface area contributed by atoms with Crippen LogP contribution in [0.3, 0.4) is 0 Å². The van der Waals surface area contributed by atoms with E-state index in [9.17, 15) is 18.0 Å². The fourth-order valence-electron chi connectivity index (χ4n) is 1.80. The number of alkyl halides is 3. The highest BCUT2D eigenvalue weighted by molar-refractivity contribution is 5.86. The Hall–Kier alpha value is -2.32. The minimum atomic E-state index is -5.19. The monoisotopic (exact) mass is 378 g/mol. The molecule has 1 aromatic heterocycles. The molecule has 0 saturated carbocycles. The smallest absolute Gasteiger partial charge is 0.430 e. The van der Waals surface area contributed by atoms with Crippen LogP contribution < -0.4 is 9.67 Å². The Kier molecular flexibility index (Phi) is 11.0. The molecule has 0 fully saturated rings. The van der Waals surface area contributed by atoms with Crippen LogP contribution in [-0.4, -0.2) is 29.3 Å². The van der Waals surface area contributed by atoms with E-state index in [-0.39, 0.29) is 5.97 Å². The molecule has 0 saturated heterocycles. The SMILES string of the molecule is C=C(C)C(=O)OCCCCCC[n+]1ccn(CC)c1.O=C([O-])C(F)(F)F. The first-order chi connectivity index (χ1) is 12.1. The molecule has 0 atom stereocenters. The van der Waals surface area contributed by atoms with Crippen LogP contribution in [0.4, 0.5) is 13.2 Å². The number of unbranched alkanes of at least 4 members (excludes halogenated alkanes) is 3. The molecule has 0 N–H and O–H groups in total. The number of carboxylic acid groups (broad SMARTS) is 1. The maximum absolute atomic E-state index is 11.1. The van der Waals surface area contributed by atoms with E-state index in [1.54, 1.807) is 6.92 Å². The highest BCUT2D eigenvalue weighted by Gasteiger charge is 2.28. The average Bonchev–Trinajstić information content (AvgIpc) is 3.01. The number of hydrogen-bond donors (Lipinski definition) is 0. The summed E-state index contributed by atoms with van der Waals surface area (Å²) < 4.78 is 41.0. The topological polar surface area (TPSA) is 75.2 Å². The van der Waals surface area contributed by atoms with Crippen molar-refractivity contribution in [3.63, 3.8) is 0 Å². The van der Waals surface area contributed by atoms with Crippen LogP contribution in [0.5, 0.6) is 0 Å². The lowest BCUT2D eigenvalue weighted by molar-refractivity contribution is -0.696. The summed E-state index contributed by atoms with van der Waals surface area (Å²) in [6, 6.07) is 0. The molecule has 148 valence electrons. The normalized spacial score (nSPS) is 10.7. The third-order valence-electron chi connectivity index (χ3n) is 3.24. The maximum atomic E-state index is 11.1. The van der Waals surface area contributed by atoms with Gasteiger partial charge in [-0.3, -0.25) is 0 Å². The Morgan fingerprint density at radius 2 is 1.81 bits per heavy atom. The second-order valence-electron chi connectivity index (χ2n) is 5.60. The van der Waals surface area contributed by atoms with Crippen molar-refractivity contribution in [3.05, 3.63) is 30.9 Å². The molecule has 1 aromatic rings. The molecule has 26 heavy (non-hydrogen) atoms. The van der Waals surface area contributed by atoms with Gasteiger partial charge in [-0.2, -0.15) is 13.2 Å². The summed E-state index contributed by atoms with van der Waals surface area (Å²) in [5.74, 6) is -3.29. The number of hydrogen-bond acceptors (Lipinski definition) is 4. The van der Waals surface area contributed by atoms with E-state index in [1.807, 2.05) is 0 Å². The predicted octanol–water partition coefficient (Wildman–Crippen LogP) is 1.77. The van der Waals surface area contributed by atoms with Crippen LogP contribution in [0.2, 0.25) is 0 Å². The van der Waals surface area contributed by atoms with E-state index >= 15 is 0 Å². The second kappa shape index (κ2) is 12.1. The molecule has 9 heteroatoms. The zero-order valence-electron chi connectivity index (χ0n) is 15.1. The molecule has 0 spiro atoms. The number of carbonyl (C=O) groups is 2. The number of aliphatic carboxylic acids is 1. The molecule has 0 aromatic carbocycles. The van der Waals surface area contributed by atoms with Crippen molar-refractivity contribution in [2.75, 3.05) is 6.61 Å². The van der Waals surface area contributed by atoms with Gasteiger partial charge in [0.05, 0.1) is 19.7 Å². The fraction of sp³-hybridized carbons (Fsp3) is 0.588. The van der Waals surface area contributed by atoms with Gasteiger partial charge >= 0.3 is 12.1 Å². The summed E-state index contributed by atoms with van der Waals surface area (Å²) in [6.45, 7) is 9.92. The lowest BCUT2D eigenvalue weighted by Gasteiger charge is -2.03. The molecular formula is C17H25F3N2O4. The van der Waals surface area contributed by atoms with Crippen LogP contribution in [-0.2, 0) is 27.4 Å². The molecule has 0 aliphatic rings. The summed E-state index contributed by atoms with van der Waals surface area (Å²) in [5.41, 5.74) is 0.469. The van der Waals surface area contributed by atoms with Gasteiger partial charge in [-0.05, 0) is 39.5 Å². The zero-order valence-corrected chi connectivity index (χ0v) is 15.1. The largest absolute Gasteiger partial charge is 0.542 e. The number of imidazole rings is 1. The van der Waals surface area contributed by atoms with Crippen LogP contribution in [0.25, 0.3) is 0 Å². The number of nitrogens with zero attached hydrogens (tertiary/aromatic N) is 2. The molecule has 0 aliphatic heterocycles. The van der Waals surface area contributed by atoms with E-state index in [2.05, 4.69) is 41.4 Å². The van der Waals surface area contributed by atoms with E-state index in [0.29, 0.717) is 12.2 Å². The van der Waals surface area contributed by atoms with Crippen molar-refractivity contribution in [1.29, 1.82) is 0 Å². The van der Waals surface area contributed by atoms with Crippen LogP contribution in [0, 0.1) is 0 Å². The molecule has 0 unspecified atom stereocenters. The molecule has 0 bridgehead atoms. The standard InChI is InChI=1S/C15H25N2O2.C2HF3O2/c1-4-16-10-11-17(13-16)9-7-5-6-8-12-19-15(18)14(2)3;3-2(4,5)1(6)7/h10-11,13H,2,4-9,12H2,1,3H3;(H,6,7)/q+1;/p-1. The highest BCUT2D eigenvalue weighted by atomic mass is 19.4. The summed E-state index contributed by atoms with van der Waals surface area (Å²) >= 11 is 0. The molecule has 0 amide bonds. The molecule has 6 nitrogen and oxygen atoms in total. The first-order valence-corrected chi connectivity index (χ1v) is 8.23. The third-order valence-corrected chi connectivity index (χ3v) is 3.24. The molecular weight excluding hydrogens is 353 g/mol. The van der Waals surface area contributed by atoms with E-state index in [1.165, 1.54) is 0 Å². The number of esters is 1. The van der Waals surface area contributed by atoms with Gasteiger partial charge in [0, 0.05) is 5.57 Å². The van der Waals surface area contributed by atoms with Crippen molar-refractivity contribution in [2.45, 2.75) is 58.8 Å². The van der Waals surface area contributed by atoms with Crippen molar-refractivity contribution in [1.82, 2.24) is 4.57 Å². The van der Waals surface area contributed by atoms with Crippen molar-refractivity contribution in [3.8, 4) is 0 Å². The lowest BCUT2D eigenvalue weighted by atomic mass is 10.2. The maximum Gasteiger partial charge on any atom is 0.430 e. The minimum absolute atomic E-state index is 0.281. The van der Waals surface area contributed by atoms with E-state index in [4.69, 9.17) is 14.6 Å². The number of rotatable bonds is 9. The van der Waals surface area contributed by atoms with Gasteiger partial charge in [0.15, 0.2) is 0 Å². The van der Waals surface area contributed by atoms with Gasteiger partial charge in [0.25, 0.3) is 0 Å². The Balaban J connectivity index is 0.000000758. The van der Waals surface area contributed by atoms with Crippen molar-refractivity contribution < 1.29 is 37.2 Å². The predicted molar refractivity (Wildman–Crippen MR) is 85.6 cm³/mol. The number of aryl methyl sites for hydroxylation is 2. The Bertz CT molecular complexity index is 583. The van der Waals surface area contributed by atoms with Gasteiger partial charge in [-0.25, -0.2) is 13.9 Å². The highest BCUT2D eigenvalue weighted by Crippen LogP contribution is 2.11. The Labute approximate surface area is 150 Å². The van der Waals surface area contributed by atoms with Crippen molar-refractivity contribution >= 4 is 11.9 Å². The molecule has 1 heterocycles. The van der Waals surface area contributed by atoms with Gasteiger partial charge in [-0.1, -0.05) is 6.58 Å². The van der Waals surface area contributed by atoms with Crippen LogP contribution >= 0.6 is 0 Å². The van der Waals surface area contributed by atoms with Gasteiger partial charge in [0.2, 0.25) is 6.33 Å². The van der Waals surface area contributed by atoms with E-state index in [0.717, 1.165) is 38.8 Å². The zero-order chi connectivity index (χ0) is 20.2. The first kappa shape index (κ1) is 23.7. The number of carboxylic acids is 1. The van der Waals surface area contributed by atoms with Crippen LogP contribution in [0.15, 0.2) is 30.9 Å². The summed E-state index contributed by atoms with van der Waals surface area (Å²) in [7, 11) is 0. The summed E-state index contributed by atoms with van der Waals surface area (Å²) in [6.07, 6.45) is 5.49. The van der Waals surface area contributed by atoms with E-state index < -0.39 is 12.1 Å². The average molecular weight is 378 g/mol. The van der Waals surface area contributed by atoms with Gasteiger partial charge in [-0.15, -0.1) is 0 Å². The number of halogens is 3. The summed E-state index contributed by atoms with van der Waals surface area (Å²) in [4.78, 5) is 19.9. The Morgan fingerprint density at radius 1 is 1.23 bits per heavy atom. The Morgan fingerprint density at radius 3 is 2.27 bits per heavy atom. The van der Waals surface area contributed by atoms with Crippen molar-refractivity contribution in [2.24, 2.45) is 0 Å². The first-order valence-electron chi connectivity index (χ1n) is 8.23. The number of ether oxygens (including phenoxy) is 1. The van der Waals surface area contributed by atoms with Gasteiger partial charge in [0.1, 0.15) is 18.4 Å². The molecule has 0 radical (unpaired) electrons. The number of aromatic nitrogens is 2. The lowest BCUT2D eigenvalue weighted by Crippen LogP contribution is -2.37. The molecule has 0 aliphatic carbocycles.